The first-order chi connectivity index (χ1) is 25.2. The summed E-state index contributed by atoms with van der Waals surface area (Å²) < 4.78 is 32.0. The van der Waals surface area contributed by atoms with E-state index in [4.69, 9.17) is 18.9 Å². The van der Waals surface area contributed by atoms with Gasteiger partial charge in [0.05, 0.1) is 26.4 Å². The van der Waals surface area contributed by atoms with Crippen LogP contribution in [0.2, 0.25) is 0 Å². The highest BCUT2D eigenvalue weighted by molar-refractivity contribution is 14.1. The zero-order valence-electron chi connectivity index (χ0n) is 31.1. The summed E-state index contributed by atoms with van der Waals surface area (Å²) in [4.78, 5) is 0. The molecule has 0 spiro atoms. The van der Waals surface area contributed by atoms with Crippen LogP contribution >= 0.6 is 90.4 Å². The molecule has 0 heterocycles. The molecule has 4 aromatic rings. The van der Waals surface area contributed by atoms with E-state index < -0.39 is 0 Å². The molecule has 0 aromatic heterocycles. The molecule has 0 saturated carbocycles. The van der Waals surface area contributed by atoms with Crippen LogP contribution in [-0.4, -0.2) is 26.4 Å². The molecule has 0 radical (unpaired) electrons. The van der Waals surface area contributed by atoms with Crippen LogP contribution in [0.25, 0.3) is 0 Å². The molecule has 4 aromatic carbocycles. The molecule has 0 N–H and O–H groups in total. The van der Waals surface area contributed by atoms with E-state index in [1.165, 1.54) is 58.8 Å². The van der Waals surface area contributed by atoms with Gasteiger partial charge in [-0.15, -0.1) is 0 Å². The van der Waals surface area contributed by atoms with E-state index in [9.17, 15) is 0 Å². The highest BCUT2D eigenvalue weighted by Crippen LogP contribution is 2.41. The Labute approximate surface area is 366 Å². The maximum atomic E-state index is 6.79. The van der Waals surface area contributed by atoms with Gasteiger partial charge in [-0.3, -0.25) is 0 Å². The first kappa shape index (κ1) is 42.1. The third-order valence-corrected chi connectivity index (χ3v) is 11.8. The maximum absolute atomic E-state index is 6.79. The average molecular weight is 1150 g/mol. The Hall–Kier alpha value is -1.00. The molecule has 0 aliphatic heterocycles. The molecule has 1 aliphatic carbocycles. The Morgan fingerprint density at radius 2 is 0.519 bits per heavy atom. The second-order valence-corrected chi connectivity index (χ2v) is 18.7. The molecular weight excluding hydrogens is 1100 g/mol. The van der Waals surface area contributed by atoms with Crippen molar-refractivity contribution in [3.05, 3.63) is 107 Å². The predicted molar refractivity (Wildman–Crippen MR) is 249 cm³/mol. The maximum Gasteiger partial charge on any atom is 0.126 e. The minimum absolute atomic E-state index is 0.694. The summed E-state index contributed by atoms with van der Waals surface area (Å²) in [6, 6.07) is 18.5. The SMILES string of the molecule is CCCCOc1c2cc(I)cc1Cc1cc(I)cc(c1OCCCC)Cc1cc(I)cc(c1OCCCC)Cc1cc(I)cc(c1OCCCC)C2. The third kappa shape index (κ3) is 11.5. The largest absolute Gasteiger partial charge is 0.493 e. The second kappa shape index (κ2) is 21.3. The zero-order valence-corrected chi connectivity index (χ0v) is 39.7. The van der Waals surface area contributed by atoms with E-state index in [1.54, 1.807) is 0 Å². The first-order valence-corrected chi connectivity index (χ1v) is 23.3. The Balaban J connectivity index is 1.81. The highest BCUT2D eigenvalue weighted by atomic mass is 127. The van der Waals surface area contributed by atoms with Crippen molar-refractivity contribution < 1.29 is 18.9 Å². The molecule has 280 valence electrons. The highest BCUT2D eigenvalue weighted by Gasteiger charge is 2.24. The smallest absolute Gasteiger partial charge is 0.126 e. The Bertz CT molecular complexity index is 1450. The minimum atomic E-state index is 0.694. The summed E-state index contributed by atoms with van der Waals surface area (Å²) in [6.45, 7) is 11.7. The summed E-state index contributed by atoms with van der Waals surface area (Å²) in [5.74, 6) is 4.03. The number of fused-ring (bicyclic) bond motifs is 8. The summed E-state index contributed by atoms with van der Waals surface area (Å²) in [6.07, 6.45) is 11.3. The average Bonchev–Trinajstić information content (AvgIpc) is 3.09. The quantitative estimate of drug-likeness (QED) is 0.0729. The number of rotatable bonds is 16. The van der Waals surface area contributed by atoms with Crippen molar-refractivity contribution in [2.75, 3.05) is 26.4 Å². The van der Waals surface area contributed by atoms with E-state index in [0.29, 0.717) is 26.4 Å². The number of halogens is 4. The fourth-order valence-corrected chi connectivity index (χ4v) is 9.74. The second-order valence-electron chi connectivity index (χ2n) is 13.7. The Morgan fingerprint density at radius 3 is 0.673 bits per heavy atom. The van der Waals surface area contributed by atoms with Crippen LogP contribution in [0.15, 0.2) is 48.5 Å². The van der Waals surface area contributed by atoms with Crippen LogP contribution < -0.4 is 18.9 Å². The van der Waals surface area contributed by atoms with E-state index >= 15 is 0 Å². The molecule has 8 heteroatoms. The van der Waals surface area contributed by atoms with Crippen LogP contribution in [-0.2, 0) is 25.7 Å². The summed E-state index contributed by atoms with van der Waals surface area (Å²) in [5, 5.41) is 0. The Kier molecular flexibility index (Phi) is 17.3. The molecule has 52 heavy (non-hydrogen) atoms. The molecule has 0 unspecified atom stereocenters. The topological polar surface area (TPSA) is 36.9 Å². The van der Waals surface area contributed by atoms with Crippen molar-refractivity contribution in [2.24, 2.45) is 0 Å². The standard InChI is InChI=1S/C44H52I4O4/c1-5-9-13-49-41-29-17-31-23-38(46)25-33(42(31)50-14-10-6-2)19-35-27-40(48)28-36(44(35)52-16-12-8-4)20-34-26-39(47)24-32(43(34)51-15-11-7-3)18-30(41)22-37(45)21-29/h21-28H,5-20H2,1-4H3. The van der Waals surface area contributed by atoms with Crippen molar-refractivity contribution in [3.8, 4) is 23.0 Å². The molecule has 0 amide bonds. The van der Waals surface area contributed by atoms with Crippen molar-refractivity contribution >= 4 is 90.4 Å². The van der Waals surface area contributed by atoms with Gasteiger partial charge < -0.3 is 18.9 Å². The normalized spacial score (nSPS) is 12.5. The fraction of sp³-hybridized carbons (Fsp3) is 0.455. The molecule has 5 rings (SSSR count). The third-order valence-electron chi connectivity index (χ3n) is 9.33. The van der Waals surface area contributed by atoms with Crippen molar-refractivity contribution in [2.45, 2.75) is 105 Å². The molecule has 0 atom stereocenters. The van der Waals surface area contributed by atoms with Gasteiger partial charge in [0.15, 0.2) is 0 Å². The Morgan fingerprint density at radius 1 is 0.346 bits per heavy atom. The number of hydrogen-bond acceptors (Lipinski definition) is 4. The lowest BCUT2D eigenvalue weighted by molar-refractivity contribution is 0.297. The lowest BCUT2D eigenvalue weighted by Gasteiger charge is -2.24. The monoisotopic (exact) mass is 1150 g/mol. The number of unbranched alkanes of at least 4 members (excludes halogenated alkanes) is 4. The summed E-state index contributed by atoms with van der Waals surface area (Å²) in [7, 11) is 0. The van der Waals surface area contributed by atoms with Crippen molar-refractivity contribution in [1.29, 1.82) is 0 Å². The molecule has 0 saturated heterocycles. The van der Waals surface area contributed by atoms with Gasteiger partial charge in [-0.05, 0) is 209 Å². The molecule has 1 aliphatic rings. The van der Waals surface area contributed by atoms with E-state index in [2.05, 4.69) is 167 Å². The van der Waals surface area contributed by atoms with Gasteiger partial charge in [-0.25, -0.2) is 0 Å². The number of ether oxygens (including phenoxy) is 4. The molecule has 4 nitrogen and oxygen atoms in total. The summed E-state index contributed by atoms with van der Waals surface area (Å²) >= 11 is 9.95. The lowest BCUT2D eigenvalue weighted by Crippen LogP contribution is -2.11. The number of hydrogen-bond donors (Lipinski definition) is 0. The van der Waals surface area contributed by atoms with Crippen LogP contribution in [0.5, 0.6) is 23.0 Å². The van der Waals surface area contributed by atoms with Crippen molar-refractivity contribution in [3.63, 3.8) is 0 Å². The van der Waals surface area contributed by atoms with E-state index in [0.717, 1.165) is 100 Å². The van der Waals surface area contributed by atoms with Gasteiger partial charge in [0.2, 0.25) is 0 Å². The van der Waals surface area contributed by atoms with Gasteiger partial charge in [-0.1, -0.05) is 53.4 Å². The first-order valence-electron chi connectivity index (χ1n) is 19.0. The van der Waals surface area contributed by atoms with Crippen LogP contribution in [0.1, 0.15) is 124 Å². The summed E-state index contributed by atoms with van der Waals surface area (Å²) in [5.41, 5.74) is 9.65. The minimum Gasteiger partial charge on any atom is -0.493 e. The fourth-order valence-electron chi connectivity index (χ4n) is 6.73. The van der Waals surface area contributed by atoms with Gasteiger partial charge in [0, 0.05) is 40.0 Å². The predicted octanol–water partition coefficient (Wildman–Crippen LogP) is 13.5. The lowest BCUT2D eigenvalue weighted by atomic mass is 9.91. The van der Waals surface area contributed by atoms with E-state index in [1.807, 2.05) is 0 Å². The van der Waals surface area contributed by atoms with E-state index in [-0.39, 0.29) is 0 Å². The van der Waals surface area contributed by atoms with Gasteiger partial charge in [0.1, 0.15) is 23.0 Å². The van der Waals surface area contributed by atoms with Crippen LogP contribution in [0.4, 0.5) is 0 Å². The van der Waals surface area contributed by atoms with Gasteiger partial charge in [-0.2, -0.15) is 0 Å². The van der Waals surface area contributed by atoms with Crippen LogP contribution in [0.3, 0.4) is 0 Å². The van der Waals surface area contributed by atoms with Gasteiger partial charge >= 0.3 is 0 Å². The zero-order chi connectivity index (χ0) is 37.0. The molecule has 8 bridgehead atoms. The van der Waals surface area contributed by atoms with Gasteiger partial charge in [0.25, 0.3) is 0 Å². The molecular formula is C44H52I4O4. The van der Waals surface area contributed by atoms with Crippen molar-refractivity contribution in [1.82, 2.24) is 0 Å². The number of benzene rings is 4. The van der Waals surface area contributed by atoms with Crippen LogP contribution in [0, 0.1) is 14.3 Å². The molecule has 0 fully saturated rings.